The van der Waals surface area contributed by atoms with Crippen LogP contribution in [0.1, 0.15) is 51.4 Å². The maximum atomic E-state index is 12.9. The van der Waals surface area contributed by atoms with Crippen molar-refractivity contribution in [1.82, 2.24) is 4.90 Å². The van der Waals surface area contributed by atoms with Crippen LogP contribution in [0.15, 0.2) is 5.16 Å². The van der Waals surface area contributed by atoms with Gasteiger partial charge in [0, 0.05) is 13.6 Å². The monoisotopic (exact) mass is 293 g/mol. The van der Waals surface area contributed by atoms with Gasteiger partial charge in [0.1, 0.15) is 5.41 Å². The molecular weight excluding hydrogens is 266 g/mol. The lowest BCUT2D eigenvalue weighted by Gasteiger charge is -2.34. The highest BCUT2D eigenvalue weighted by atomic mass is 16.4. The van der Waals surface area contributed by atoms with Crippen molar-refractivity contribution in [3.8, 4) is 0 Å². The summed E-state index contributed by atoms with van der Waals surface area (Å²) in [6, 6.07) is 0. The zero-order valence-electron chi connectivity index (χ0n) is 12.9. The molecule has 0 aromatic heterocycles. The lowest BCUT2D eigenvalue weighted by Crippen LogP contribution is -2.50. The van der Waals surface area contributed by atoms with Crippen molar-refractivity contribution in [2.24, 2.45) is 34.1 Å². The Labute approximate surface area is 126 Å². The van der Waals surface area contributed by atoms with Crippen LogP contribution in [-0.2, 0) is 4.79 Å². The topological polar surface area (TPSA) is 78.9 Å². The first-order valence-corrected chi connectivity index (χ1v) is 8.30. The Morgan fingerprint density at radius 2 is 2.05 bits per heavy atom. The Bertz CT molecular complexity index is 443. The van der Waals surface area contributed by atoms with E-state index in [1.807, 2.05) is 11.9 Å². The summed E-state index contributed by atoms with van der Waals surface area (Å²) in [7, 11) is 1.89. The lowest BCUT2D eigenvalue weighted by atomic mass is 9.82. The van der Waals surface area contributed by atoms with Gasteiger partial charge < -0.3 is 15.8 Å². The molecule has 3 fully saturated rings. The van der Waals surface area contributed by atoms with Crippen LogP contribution in [0.25, 0.3) is 0 Å². The van der Waals surface area contributed by atoms with Gasteiger partial charge in [-0.1, -0.05) is 24.4 Å². The van der Waals surface area contributed by atoms with Crippen LogP contribution >= 0.6 is 0 Å². The predicted molar refractivity (Wildman–Crippen MR) is 80.9 cm³/mol. The first-order chi connectivity index (χ1) is 10.1. The van der Waals surface area contributed by atoms with Crippen molar-refractivity contribution in [3.05, 3.63) is 0 Å². The molecule has 3 N–H and O–H groups in total. The van der Waals surface area contributed by atoms with Crippen LogP contribution in [0.3, 0.4) is 0 Å². The number of nitrogens with zero attached hydrogens (tertiary/aromatic N) is 2. The molecule has 3 saturated carbocycles. The van der Waals surface area contributed by atoms with Crippen molar-refractivity contribution in [1.29, 1.82) is 0 Å². The fraction of sp³-hybridized carbons (Fsp3) is 0.875. The minimum Gasteiger partial charge on any atom is -0.409 e. The number of amidine groups is 1. The first kappa shape index (κ1) is 14.7. The van der Waals surface area contributed by atoms with E-state index in [1.165, 1.54) is 25.7 Å². The maximum Gasteiger partial charge on any atom is 0.236 e. The number of oxime groups is 1. The molecule has 0 aliphatic heterocycles. The van der Waals surface area contributed by atoms with Gasteiger partial charge in [-0.2, -0.15) is 0 Å². The average molecular weight is 293 g/mol. The van der Waals surface area contributed by atoms with Crippen LogP contribution in [0.5, 0.6) is 0 Å². The second-order valence-electron chi connectivity index (χ2n) is 7.40. The Morgan fingerprint density at radius 3 is 2.57 bits per heavy atom. The van der Waals surface area contributed by atoms with Crippen molar-refractivity contribution in [3.63, 3.8) is 0 Å². The molecule has 0 saturated heterocycles. The number of carbonyl (C=O) groups is 1. The van der Waals surface area contributed by atoms with Crippen molar-refractivity contribution >= 4 is 11.7 Å². The summed E-state index contributed by atoms with van der Waals surface area (Å²) in [6.07, 6.45) is 8.73. The van der Waals surface area contributed by atoms with E-state index in [1.54, 1.807) is 0 Å². The number of hydrogen-bond acceptors (Lipinski definition) is 3. The summed E-state index contributed by atoms with van der Waals surface area (Å²) in [6.45, 7) is 0.834. The molecule has 3 rings (SSSR count). The number of hydrogen-bond donors (Lipinski definition) is 2. The summed E-state index contributed by atoms with van der Waals surface area (Å²) in [5.74, 6) is 2.52. The molecule has 118 valence electrons. The van der Waals surface area contributed by atoms with Gasteiger partial charge in [-0.05, 0) is 49.9 Å². The van der Waals surface area contributed by atoms with Gasteiger partial charge >= 0.3 is 0 Å². The molecule has 2 bridgehead atoms. The van der Waals surface area contributed by atoms with E-state index in [9.17, 15) is 4.79 Å². The molecule has 1 amide bonds. The van der Waals surface area contributed by atoms with Crippen LogP contribution < -0.4 is 5.73 Å². The second-order valence-corrected chi connectivity index (χ2v) is 7.40. The first-order valence-electron chi connectivity index (χ1n) is 8.30. The third-order valence-electron chi connectivity index (χ3n) is 6.20. The molecule has 5 heteroatoms. The molecule has 0 aromatic carbocycles. The SMILES string of the molecule is CN(CC1CC2CCC1C2)C(=O)C1(C(N)=NO)CCCC1. The van der Waals surface area contributed by atoms with E-state index in [4.69, 9.17) is 10.9 Å². The fourth-order valence-corrected chi connectivity index (χ4v) is 5.05. The van der Waals surface area contributed by atoms with Crippen LogP contribution in [0, 0.1) is 23.2 Å². The van der Waals surface area contributed by atoms with E-state index >= 15 is 0 Å². The van der Waals surface area contributed by atoms with E-state index in [2.05, 4.69) is 5.16 Å². The Balaban J connectivity index is 1.68. The summed E-state index contributed by atoms with van der Waals surface area (Å²) >= 11 is 0. The normalized spacial score (nSPS) is 34.3. The van der Waals surface area contributed by atoms with E-state index in [0.717, 1.165) is 31.2 Å². The molecule has 0 spiro atoms. The number of fused-ring (bicyclic) bond motifs is 2. The highest BCUT2D eigenvalue weighted by Crippen LogP contribution is 2.49. The highest BCUT2D eigenvalue weighted by molar-refractivity contribution is 6.06. The largest absolute Gasteiger partial charge is 0.409 e. The molecule has 3 aliphatic carbocycles. The Hall–Kier alpha value is -1.26. The molecule has 0 radical (unpaired) electrons. The smallest absolute Gasteiger partial charge is 0.236 e. The van der Waals surface area contributed by atoms with Crippen LogP contribution in [0.2, 0.25) is 0 Å². The van der Waals surface area contributed by atoms with Gasteiger partial charge in [0.2, 0.25) is 5.91 Å². The quantitative estimate of drug-likeness (QED) is 0.361. The molecule has 5 nitrogen and oxygen atoms in total. The van der Waals surface area contributed by atoms with E-state index < -0.39 is 5.41 Å². The number of amides is 1. The lowest BCUT2D eigenvalue weighted by molar-refractivity contribution is -0.137. The van der Waals surface area contributed by atoms with Gasteiger partial charge in [-0.15, -0.1) is 0 Å². The molecule has 3 aliphatic rings. The Kier molecular flexibility index (Phi) is 3.84. The van der Waals surface area contributed by atoms with Crippen LogP contribution in [-0.4, -0.2) is 35.4 Å². The zero-order valence-corrected chi connectivity index (χ0v) is 12.9. The summed E-state index contributed by atoms with van der Waals surface area (Å²) < 4.78 is 0. The number of carbonyl (C=O) groups excluding carboxylic acids is 1. The minimum atomic E-state index is -0.749. The number of nitrogens with two attached hydrogens (primary N) is 1. The highest BCUT2D eigenvalue weighted by Gasteiger charge is 2.48. The third-order valence-corrected chi connectivity index (χ3v) is 6.20. The van der Waals surface area contributed by atoms with Gasteiger partial charge in [-0.25, -0.2) is 0 Å². The van der Waals surface area contributed by atoms with Gasteiger partial charge in [0.15, 0.2) is 5.84 Å². The minimum absolute atomic E-state index is 0.0538. The number of rotatable bonds is 4. The molecule has 0 aromatic rings. The van der Waals surface area contributed by atoms with E-state index in [-0.39, 0.29) is 11.7 Å². The van der Waals surface area contributed by atoms with Gasteiger partial charge in [0.25, 0.3) is 0 Å². The van der Waals surface area contributed by atoms with Crippen molar-refractivity contribution in [2.75, 3.05) is 13.6 Å². The maximum absolute atomic E-state index is 12.9. The van der Waals surface area contributed by atoms with Gasteiger partial charge in [0.05, 0.1) is 0 Å². The molecule has 21 heavy (non-hydrogen) atoms. The van der Waals surface area contributed by atoms with Crippen molar-refractivity contribution < 1.29 is 10.0 Å². The molecule has 3 atom stereocenters. The Morgan fingerprint density at radius 1 is 1.33 bits per heavy atom. The summed E-state index contributed by atoms with van der Waals surface area (Å²) in [5.41, 5.74) is 5.12. The van der Waals surface area contributed by atoms with Crippen LogP contribution in [0.4, 0.5) is 0 Å². The van der Waals surface area contributed by atoms with E-state index in [0.29, 0.717) is 18.8 Å². The third kappa shape index (κ3) is 2.40. The average Bonchev–Trinajstić information content (AvgIpc) is 3.21. The molecular formula is C16H27N3O2. The summed E-state index contributed by atoms with van der Waals surface area (Å²) in [4.78, 5) is 14.8. The van der Waals surface area contributed by atoms with Crippen molar-refractivity contribution in [2.45, 2.75) is 51.4 Å². The standard InChI is InChI=1S/C16H27N3O2/c1-19(10-13-9-11-4-5-12(13)8-11)15(20)16(14(17)18-21)6-2-3-7-16/h11-13,21H,2-10H2,1H3,(H2,17,18). The predicted octanol–water partition coefficient (Wildman–Crippen LogP) is 2.19. The summed E-state index contributed by atoms with van der Waals surface area (Å²) in [5, 5.41) is 12.2. The fourth-order valence-electron chi connectivity index (χ4n) is 5.05. The second kappa shape index (κ2) is 5.50. The molecule has 3 unspecified atom stereocenters. The molecule has 0 heterocycles. The zero-order chi connectivity index (χ0) is 15.0. The van der Waals surface area contributed by atoms with Gasteiger partial charge in [-0.3, -0.25) is 4.79 Å².